The molecule has 1 aromatic heterocycles. The second-order valence-electron chi connectivity index (χ2n) is 8.19. The molecule has 4 rings (SSSR count). The molecule has 1 N–H and O–H groups in total. The first kappa shape index (κ1) is 25.5. The Morgan fingerprint density at radius 3 is 2.22 bits per heavy atom. The van der Waals surface area contributed by atoms with E-state index in [9.17, 15) is 22.0 Å². The molecule has 1 aliphatic rings. The number of fused-ring (bicyclic) bond motifs is 1. The Bertz CT molecular complexity index is 1380. The van der Waals surface area contributed by atoms with Crippen molar-refractivity contribution in [2.45, 2.75) is 24.8 Å². The first-order valence-corrected chi connectivity index (χ1v) is 12.7. The molecule has 2 aromatic carbocycles. The lowest BCUT2D eigenvalue weighted by Gasteiger charge is -2.38. The summed E-state index contributed by atoms with van der Waals surface area (Å²) in [4.78, 5) is 24.6. The lowest BCUT2D eigenvalue weighted by atomic mass is 10.0. The van der Waals surface area contributed by atoms with Crippen LogP contribution in [0.2, 0.25) is 0 Å². The number of hydrogen-bond acceptors (Lipinski definition) is 7. The van der Waals surface area contributed by atoms with E-state index in [2.05, 4.69) is 15.3 Å². The third-order valence-corrected chi connectivity index (χ3v) is 8.19. The molecule has 1 amide bonds. The van der Waals surface area contributed by atoms with Gasteiger partial charge in [0.2, 0.25) is 16.0 Å². The number of likely N-dealkylation sites (N-methyl/N-ethyl adjacent to an activating group) is 2. The molecule has 0 aliphatic carbocycles. The minimum atomic E-state index is -3.59. The second-order valence-corrected chi connectivity index (χ2v) is 10.1. The third kappa shape index (κ3) is 4.37. The fraction of sp³-hybridized carbons (Fsp3) is 0.292. The van der Waals surface area contributed by atoms with Crippen LogP contribution in [0, 0.1) is 11.6 Å². The van der Waals surface area contributed by atoms with Crippen LogP contribution < -0.4 is 15.1 Å². The van der Waals surface area contributed by atoms with Gasteiger partial charge in [-0.3, -0.25) is 4.79 Å². The van der Waals surface area contributed by atoms with Gasteiger partial charge in [0.1, 0.15) is 23.4 Å². The molecule has 9 nitrogen and oxygen atoms in total. The molecule has 2 heterocycles. The summed E-state index contributed by atoms with van der Waals surface area (Å²) in [5.74, 6) is -1.73. The van der Waals surface area contributed by atoms with Gasteiger partial charge in [0, 0.05) is 32.9 Å². The van der Waals surface area contributed by atoms with E-state index in [1.807, 2.05) is 0 Å². The fourth-order valence-corrected chi connectivity index (χ4v) is 5.61. The van der Waals surface area contributed by atoms with Crippen LogP contribution in [0.3, 0.4) is 0 Å². The van der Waals surface area contributed by atoms with Crippen LogP contribution >= 0.6 is 0 Å². The van der Waals surface area contributed by atoms with Crippen molar-refractivity contribution in [3.8, 4) is 0 Å². The van der Waals surface area contributed by atoms with Crippen LogP contribution in [0.4, 0.5) is 31.9 Å². The predicted octanol–water partition coefficient (Wildman–Crippen LogP) is 3.68. The number of anilines is 4. The molecule has 0 saturated carbocycles. The summed E-state index contributed by atoms with van der Waals surface area (Å²) in [7, 11) is -0.569. The lowest BCUT2D eigenvalue weighted by molar-refractivity contribution is -0.120. The second kappa shape index (κ2) is 9.78. The zero-order chi connectivity index (χ0) is 26.2. The highest BCUT2D eigenvalue weighted by Crippen LogP contribution is 2.40. The van der Waals surface area contributed by atoms with Crippen LogP contribution in [0.25, 0.3) is 0 Å². The summed E-state index contributed by atoms with van der Waals surface area (Å²) in [5.41, 5.74) is 0.551. The van der Waals surface area contributed by atoms with Gasteiger partial charge in [0.15, 0.2) is 5.82 Å². The van der Waals surface area contributed by atoms with Crippen LogP contribution in [-0.4, -0.2) is 55.8 Å². The average Bonchev–Trinajstić information content (AvgIpc) is 2.85. The number of hydrogen-bond donors (Lipinski definition) is 1. The molecule has 190 valence electrons. The van der Waals surface area contributed by atoms with E-state index < -0.39 is 33.6 Å². The van der Waals surface area contributed by atoms with Crippen molar-refractivity contribution in [1.29, 1.82) is 0 Å². The summed E-state index contributed by atoms with van der Waals surface area (Å²) in [6.07, 6.45) is 1.44. The maximum atomic E-state index is 14.5. The van der Waals surface area contributed by atoms with Crippen molar-refractivity contribution in [3.63, 3.8) is 0 Å². The molecule has 0 bridgehead atoms. The highest BCUT2D eigenvalue weighted by molar-refractivity contribution is 7.89. The molecule has 12 heteroatoms. The Hall–Kier alpha value is -3.64. The molecule has 36 heavy (non-hydrogen) atoms. The predicted molar refractivity (Wildman–Crippen MR) is 133 cm³/mol. The van der Waals surface area contributed by atoms with E-state index in [1.54, 1.807) is 26.0 Å². The maximum absolute atomic E-state index is 14.5. The number of carbonyl (C=O) groups excluding carboxylic acids is 1. The Morgan fingerprint density at radius 2 is 1.64 bits per heavy atom. The molecule has 1 unspecified atom stereocenters. The van der Waals surface area contributed by atoms with E-state index >= 15 is 0 Å². The Morgan fingerprint density at radius 1 is 1.03 bits per heavy atom. The minimum Gasteiger partial charge on any atom is -0.342 e. The number of nitrogens with one attached hydrogen (secondary N) is 1. The SMILES string of the molecule is CCN(CC)S(=O)(=O)c1ccc(Nc2ncc3c(n2)N(C)C(c2c(F)cccc2F)C(=O)N3C)cc1. The zero-order valence-electron chi connectivity index (χ0n) is 20.2. The van der Waals surface area contributed by atoms with E-state index in [0.29, 0.717) is 30.3 Å². The van der Waals surface area contributed by atoms with Crippen molar-refractivity contribution in [2.75, 3.05) is 42.3 Å². The summed E-state index contributed by atoms with van der Waals surface area (Å²) in [6.45, 7) is 4.28. The number of rotatable bonds is 7. The molecule has 0 fully saturated rings. The molecule has 1 aliphatic heterocycles. The number of halogens is 2. The number of amides is 1. The van der Waals surface area contributed by atoms with Gasteiger partial charge in [-0.1, -0.05) is 19.9 Å². The topological polar surface area (TPSA) is 98.7 Å². The quantitative estimate of drug-likeness (QED) is 0.512. The Kier molecular flexibility index (Phi) is 6.92. The average molecular weight is 517 g/mol. The number of sulfonamides is 1. The fourth-order valence-electron chi connectivity index (χ4n) is 4.15. The van der Waals surface area contributed by atoms with Gasteiger partial charge in [0.25, 0.3) is 5.91 Å². The summed E-state index contributed by atoms with van der Waals surface area (Å²) >= 11 is 0. The summed E-state index contributed by atoms with van der Waals surface area (Å²) in [5, 5.41) is 3.00. The highest BCUT2D eigenvalue weighted by Gasteiger charge is 2.40. The van der Waals surface area contributed by atoms with Crippen molar-refractivity contribution >= 4 is 39.1 Å². The minimum absolute atomic E-state index is 0.162. The number of benzene rings is 2. The van der Waals surface area contributed by atoms with Gasteiger partial charge >= 0.3 is 0 Å². The first-order chi connectivity index (χ1) is 17.1. The van der Waals surface area contributed by atoms with Crippen LogP contribution in [0.15, 0.2) is 53.6 Å². The third-order valence-electron chi connectivity index (χ3n) is 6.12. The van der Waals surface area contributed by atoms with E-state index in [0.717, 1.165) is 12.1 Å². The van der Waals surface area contributed by atoms with Gasteiger partial charge in [-0.05, 0) is 36.4 Å². The lowest BCUT2D eigenvalue weighted by Crippen LogP contribution is -2.46. The van der Waals surface area contributed by atoms with E-state index in [1.165, 1.54) is 52.6 Å². The highest BCUT2D eigenvalue weighted by atomic mass is 32.2. The van der Waals surface area contributed by atoms with Gasteiger partial charge in [0.05, 0.1) is 16.7 Å². The molecular formula is C24H26F2N6O3S. The summed E-state index contributed by atoms with van der Waals surface area (Å²) < 4.78 is 55.8. The molecule has 0 saturated heterocycles. The maximum Gasteiger partial charge on any atom is 0.254 e. The first-order valence-electron chi connectivity index (χ1n) is 11.3. The smallest absolute Gasteiger partial charge is 0.254 e. The van der Waals surface area contributed by atoms with E-state index in [-0.39, 0.29) is 16.4 Å². The number of carbonyl (C=O) groups is 1. The largest absolute Gasteiger partial charge is 0.342 e. The molecule has 1 atom stereocenters. The molecule has 0 spiro atoms. The van der Waals surface area contributed by atoms with Gasteiger partial charge in [-0.2, -0.15) is 9.29 Å². The van der Waals surface area contributed by atoms with Crippen molar-refractivity contribution in [3.05, 3.63) is 65.9 Å². The van der Waals surface area contributed by atoms with Crippen molar-refractivity contribution in [2.24, 2.45) is 0 Å². The number of aromatic nitrogens is 2. The molecular weight excluding hydrogens is 490 g/mol. The number of nitrogens with zero attached hydrogens (tertiary/aromatic N) is 5. The Balaban J connectivity index is 1.64. The van der Waals surface area contributed by atoms with Gasteiger partial charge in [-0.25, -0.2) is 22.2 Å². The summed E-state index contributed by atoms with van der Waals surface area (Å²) in [6, 6.07) is 8.36. The van der Waals surface area contributed by atoms with Gasteiger partial charge < -0.3 is 15.1 Å². The van der Waals surface area contributed by atoms with Crippen molar-refractivity contribution < 1.29 is 22.0 Å². The Labute approximate surface area is 208 Å². The van der Waals surface area contributed by atoms with Crippen LogP contribution in [0.5, 0.6) is 0 Å². The zero-order valence-corrected chi connectivity index (χ0v) is 21.1. The van der Waals surface area contributed by atoms with Gasteiger partial charge in [-0.15, -0.1) is 0 Å². The van der Waals surface area contributed by atoms with E-state index in [4.69, 9.17) is 0 Å². The monoisotopic (exact) mass is 516 g/mol. The van der Waals surface area contributed by atoms with Crippen LogP contribution in [0.1, 0.15) is 25.5 Å². The molecule has 0 radical (unpaired) electrons. The standard InChI is InChI=1S/C24H26F2N6O3S/c1-5-32(6-2)36(34,35)16-12-10-15(11-13-16)28-24-27-14-19-22(29-24)31(4)21(23(33)30(19)3)20-17(25)8-7-9-18(20)26/h7-14,21H,5-6H2,1-4H3,(H,27,28,29). The van der Waals surface area contributed by atoms with Crippen LogP contribution in [-0.2, 0) is 14.8 Å². The van der Waals surface area contributed by atoms with Crippen molar-refractivity contribution in [1.82, 2.24) is 14.3 Å². The molecule has 3 aromatic rings. The normalized spacial score (nSPS) is 15.9.